The van der Waals surface area contributed by atoms with Gasteiger partial charge in [0.2, 0.25) is 5.13 Å². The summed E-state index contributed by atoms with van der Waals surface area (Å²) < 4.78 is 5.27. The molecule has 1 atom stereocenters. The van der Waals surface area contributed by atoms with Gasteiger partial charge in [0, 0.05) is 0 Å². The molecule has 2 rings (SSSR count). The van der Waals surface area contributed by atoms with Crippen LogP contribution in [0.5, 0.6) is 0 Å². The van der Waals surface area contributed by atoms with Gasteiger partial charge in [0.15, 0.2) is 3.95 Å². The average Bonchev–Trinajstić information content (AvgIpc) is 2.91. The summed E-state index contributed by atoms with van der Waals surface area (Å²) in [7, 11) is 1.33. The monoisotopic (exact) mass is 344 g/mol. The fraction of sp³-hybridized carbons (Fsp3) is 0.692. The molecule has 0 bridgehead atoms. The first-order valence-corrected chi connectivity index (χ1v) is 8.52. The molecule has 0 unspecified atom stereocenters. The minimum atomic E-state index is -0.639. The minimum absolute atomic E-state index is 0.365. The normalized spacial score (nSPS) is 16.8. The molecule has 9 heteroatoms. The van der Waals surface area contributed by atoms with Crippen LogP contribution in [0.3, 0.4) is 0 Å². The number of carbonyl (C=O) groups is 2. The van der Waals surface area contributed by atoms with E-state index >= 15 is 0 Å². The van der Waals surface area contributed by atoms with Gasteiger partial charge in [-0.25, -0.2) is 9.59 Å². The Morgan fingerprint density at radius 3 is 2.77 bits per heavy atom. The number of aromatic nitrogens is 2. The number of H-pyrrole nitrogens is 1. The molecule has 22 heavy (non-hydrogen) atoms. The number of amides is 2. The fourth-order valence-electron chi connectivity index (χ4n) is 2.69. The highest BCUT2D eigenvalue weighted by molar-refractivity contribution is 7.73. The molecule has 2 amide bonds. The van der Waals surface area contributed by atoms with Gasteiger partial charge in [-0.15, -0.1) is 5.10 Å². The molecule has 7 nitrogen and oxygen atoms in total. The molecule has 1 aromatic heterocycles. The summed E-state index contributed by atoms with van der Waals surface area (Å²) in [5, 5.41) is 12.0. The maximum absolute atomic E-state index is 12.0. The topological polar surface area (TPSA) is 96.1 Å². The smallest absolute Gasteiger partial charge is 0.328 e. The number of nitrogens with zero attached hydrogens (tertiary/aromatic N) is 1. The molecule has 0 aliphatic heterocycles. The number of esters is 1. The number of methoxy groups -OCH3 is 1. The van der Waals surface area contributed by atoms with E-state index in [1.165, 1.54) is 26.4 Å². The number of rotatable bonds is 5. The zero-order chi connectivity index (χ0) is 15.9. The van der Waals surface area contributed by atoms with Crippen LogP contribution >= 0.6 is 23.6 Å². The Hall–Kier alpha value is -1.48. The largest absolute Gasteiger partial charge is 0.467 e. The predicted molar refractivity (Wildman–Crippen MR) is 86.4 cm³/mol. The van der Waals surface area contributed by atoms with Gasteiger partial charge in [-0.2, -0.15) is 0 Å². The highest BCUT2D eigenvalue weighted by Crippen LogP contribution is 2.27. The number of carbonyl (C=O) groups excluding carboxylic acids is 2. The molecule has 1 saturated carbocycles. The van der Waals surface area contributed by atoms with Gasteiger partial charge >= 0.3 is 12.0 Å². The van der Waals surface area contributed by atoms with E-state index in [0.717, 1.165) is 24.2 Å². The second kappa shape index (κ2) is 8.23. The average molecular weight is 344 g/mol. The fourth-order valence-corrected chi connectivity index (χ4v) is 3.47. The first-order valence-electron chi connectivity index (χ1n) is 7.29. The third kappa shape index (κ3) is 5.06. The SMILES string of the molecule is COC(=O)[C@H](CC1CCCCC1)NC(=O)Nc1n[nH]c(=S)s1. The van der Waals surface area contributed by atoms with Crippen LogP contribution in [0.25, 0.3) is 0 Å². The van der Waals surface area contributed by atoms with Crippen molar-refractivity contribution in [3.63, 3.8) is 0 Å². The van der Waals surface area contributed by atoms with Crippen molar-refractivity contribution in [1.29, 1.82) is 0 Å². The number of urea groups is 1. The molecular formula is C13H20N4O3S2. The summed E-state index contributed by atoms with van der Waals surface area (Å²) >= 11 is 6.05. The van der Waals surface area contributed by atoms with Crippen molar-refractivity contribution in [2.45, 2.75) is 44.6 Å². The standard InChI is InChI=1S/C13H20N4O3S2/c1-20-10(18)9(7-8-5-3-2-4-6-8)14-11(19)15-12-16-17-13(21)22-12/h8-9H,2-7H2,1H3,(H,17,21)(H2,14,15,16,19)/t9-/m0/s1. The molecule has 1 aliphatic carbocycles. The number of ether oxygens (including phenoxy) is 1. The zero-order valence-corrected chi connectivity index (χ0v) is 14.0. The van der Waals surface area contributed by atoms with Gasteiger partial charge in [0.05, 0.1) is 7.11 Å². The summed E-state index contributed by atoms with van der Waals surface area (Å²) in [6.45, 7) is 0. The molecule has 1 aromatic rings. The number of anilines is 1. The Bertz CT molecular complexity index is 566. The van der Waals surface area contributed by atoms with Crippen LogP contribution in [0.1, 0.15) is 38.5 Å². The first kappa shape index (κ1) is 16.9. The molecule has 122 valence electrons. The number of aromatic amines is 1. The number of nitrogens with one attached hydrogen (secondary N) is 3. The minimum Gasteiger partial charge on any atom is -0.467 e. The van der Waals surface area contributed by atoms with Crippen molar-refractivity contribution in [3.05, 3.63) is 3.95 Å². The maximum Gasteiger partial charge on any atom is 0.328 e. The number of hydrogen-bond acceptors (Lipinski definition) is 6. The summed E-state index contributed by atoms with van der Waals surface area (Å²) in [6, 6.07) is -1.12. The maximum atomic E-state index is 12.0. The van der Waals surface area contributed by atoms with Crippen molar-refractivity contribution in [2.24, 2.45) is 5.92 Å². The second-order valence-electron chi connectivity index (χ2n) is 5.33. The van der Waals surface area contributed by atoms with Gasteiger partial charge in [-0.05, 0) is 24.6 Å². The van der Waals surface area contributed by atoms with E-state index in [4.69, 9.17) is 17.0 Å². The lowest BCUT2D eigenvalue weighted by atomic mass is 9.85. The van der Waals surface area contributed by atoms with E-state index in [9.17, 15) is 9.59 Å². The highest BCUT2D eigenvalue weighted by atomic mass is 32.1. The predicted octanol–water partition coefficient (Wildman–Crippen LogP) is 2.83. The van der Waals surface area contributed by atoms with E-state index in [-0.39, 0.29) is 0 Å². The highest BCUT2D eigenvalue weighted by Gasteiger charge is 2.26. The summed E-state index contributed by atoms with van der Waals surface area (Å²) in [5.74, 6) is 0.0287. The molecular weight excluding hydrogens is 324 g/mol. The summed E-state index contributed by atoms with van der Waals surface area (Å²) in [6.07, 6.45) is 6.41. The van der Waals surface area contributed by atoms with Crippen LogP contribution in [0.15, 0.2) is 0 Å². The Labute approximate surface area is 137 Å². The van der Waals surface area contributed by atoms with Gasteiger partial charge in [-0.1, -0.05) is 43.4 Å². The van der Waals surface area contributed by atoms with Crippen molar-refractivity contribution >= 4 is 40.7 Å². The Balaban J connectivity index is 1.91. The molecule has 3 N–H and O–H groups in total. The van der Waals surface area contributed by atoms with Gasteiger partial charge < -0.3 is 10.1 Å². The van der Waals surface area contributed by atoms with E-state index in [2.05, 4.69) is 20.8 Å². The second-order valence-corrected chi connectivity index (χ2v) is 7.00. The van der Waals surface area contributed by atoms with E-state index in [1.807, 2.05) is 0 Å². The third-order valence-corrected chi connectivity index (χ3v) is 4.75. The molecule has 0 radical (unpaired) electrons. The first-order chi connectivity index (χ1) is 10.6. The summed E-state index contributed by atoms with van der Waals surface area (Å²) in [4.78, 5) is 23.9. The molecule has 0 saturated heterocycles. The van der Waals surface area contributed by atoms with E-state index in [1.54, 1.807) is 0 Å². The lowest BCUT2D eigenvalue weighted by molar-refractivity contribution is -0.143. The van der Waals surface area contributed by atoms with Crippen molar-refractivity contribution in [3.8, 4) is 0 Å². The molecule has 0 spiro atoms. The van der Waals surface area contributed by atoms with Crippen molar-refractivity contribution in [2.75, 3.05) is 12.4 Å². The van der Waals surface area contributed by atoms with Crippen LogP contribution in [0, 0.1) is 9.87 Å². The van der Waals surface area contributed by atoms with Crippen LogP contribution in [0.2, 0.25) is 0 Å². The Kier molecular flexibility index (Phi) is 6.32. The quantitative estimate of drug-likeness (QED) is 0.564. The van der Waals surface area contributed by atoms with Gasteiger partial charge in [0.1, 0.15) is 6.04 Å². The van der Waals surface area contributed by atoms with Crippen LogP contribution in [-0.4, -0.2) is 35.3 Å². The third-order valence-electron chi connectivity index (χ3n) is 3.74. The lowest BCUT2D eigenvalue weighted by Crippen LogP contribution is -2.44. The molecule has 1 heterocycles. The van der Waals surface area contributed by atoms with Crippen molar-refractivity contribution < 1.29 is 14.3 Å². The Morgan fingerprint density at radius 1 is 1.45 bits per heavy atom. The van der Waals surface area contributed by atoms with Gasteiger partial charge in [0.25, 0.3) is 0 Å². The van der Waals surface area contributed by atoms with Crippen molar-refractivity contribution in [1.82, 2.24) is 15.5 Å². The van der Waals surface area contributed by atoms with Gasteiger partial charge in [-0.3, -0.25) is 10.4 Å². The van der Waals surface area contributed by atoms with Crippen LogP contribution < -0.4 is 10.6 Å². The molecule has 1 fully saturated rings. The Morgan fingerprint density at radius 2 is 2.18 bits per heavy atom. The van der Waals surface area contributed by atoms with Crippen LogP contribution in [0.4, 0.5) is 9.93 Å². The summed E-state index contributed by atoms with van der Waals surface area (Å²) in [5.41, 5.74) is 0. The zero-order valence-electron chi connectivity index (χ0n) is 12.4. The number of hydrogen-bond donors (Lipinski definition) is 3. The van der Waals surface area contributed by atoms with Crippen LogP contribution in [-0.2, 0) is 9.53 Å². The molecule has 0 aromatic carbocycles. The molecule has 1 aliphatic rings. The van der Waals surface area contributed by atoms with E-state index < -0.39 is 18.0 Å². The van der Waals surface area contributed by atoms with E-state index in [0.29, 0.717) is 21.4 Å². The lowest BCUT2D eigenvalue weighted by Gasteiger charge is -2.25.